The number of carbonyl (C=O) groups is 2. The van der Waals surface area contributed by atoms with Gasteiger partial charge in [0, 0.05) is 10.4 Å². The monoisotopic (exact) mass is 358 g/mol. The fourth-order valence-electron chi connectivity index (χ4n) is 3.28. The summed E-state index contributed by atoms with van der Waals surface area (Å²) in [6.07, 6.45) is 5.31. The summed E-state index contributed by atoms with van der Waals surface area (Å²) in [5, 5.41) is 3.48. The second kappa shape index (κ2) is 7.70. The predicted octanol–water partition coefficient (Wildman–Crippen LogP) is 3.31. The third-order valence-electron chi connectivity index (χ3n) is 4.46. The van der Waals surface area contributed by atoms with Crippen molar-refractivity contribution in [2.45, 2.75) is 38.5 Å². The maximum absolute atomic E-state index is 12.5. The molecule has 5 nitrogen and oxygen atoms in total. The van der Waals surface area contributed by atoms with Crippen molar-refractivity contribution in [1.82, 2.24) is 0 Å². The van der Waals surface area contributed by atoms with Crippen molar-refractivity contribution in [1.29, 1.82) is 0 Å². The first kappa shape index (κ1) is 17.5. The molecule has 1 aliphatic rings. The van der Waals surface area contributed by atoms with Crippen LogP contribution in [0.2, 0.25) is 0 Å². The summed E-state index contributed by atoms with van der Waals surface area (Å²) in [7, 11) is 1.58. The van der Waals surface area contributed by atoms with E-state index in [1.165, 1.54) is 16.2 Å². The number of rotatable bonds is 5. The lowest BCUT2D eigenvalue weighted by Crippen LogP contribution is -2.19. The molecule has 3 rings (SSSR count). The number of nitrogens with one attached hydrogen (secondary N) is 1. The van der Waals surface area contributed by atoms with Crippen molar-refractivity contribution in [3.63, 3.8) is 0 Å². The smallest absolute Gasteiger partial charge is 0.251 e. The third-order valence-corrected chi connectivity index (χ3v) is 5.67. The maximum atomic E-state index is 12.5. The minimum absolute atomic E-state index is 0.177. The lowest BCUT2D eigenvalue weighted by atomic mass is 10.0. The Bertz CT molecular complexity index is 798. The van der Waals surface area contributed by atoms with Gasteiger partial charge in [0.1, 0.15) is 10.8 Å². The molecule has 0 saturated heterocycles. The Labute approximate surface area is 151 Å². The van der Waals surface area contributed by atoms with Gasteiger partial charge < -0.3 is 15.8 Å². The number of primary amides is 1. The summed E-state index contributed by atoms with van der Waals surface area (Å²) >= 11 is 1.49. The van der Waals surface area contributed by atoms with Gasteiger partial charge in [-0.15, -0.1) is 11.3 Å². The van der Waals surface area contributed by atoms with E-state index in [1.54, 1.807) is 7.11 Å². The van der Waals surface area contributed by atoms with Crippen molar-refractivity contribution in [3.05, 3.63) is 45.8 Å². The van der Waals surface area contributed by atoms with Gasteiger partial charge in [-0.2, -0.15) is 0 Å². The van der Waals surface area contributed by atoms with Gasteiger partial charge in [0.25, 0.3) is 5.91 Å². The zero-order valence-electron chi connectivity index (χ0n) is 14.3. The van der Waals surface area contributed by atoms with Gasteiger partial charge in [-0.3, -0.25) is 9.59 Å². The molecular weight excluding hydrogens is 336 g/mol. The Morgan fingerprint density at radius 1 is 1.20 bits per heavy atom. The van der Waals surface area contributed by atoms with Crippen LogP contribution in [0.4, 0.5) is 5.00 Å². The molecule has 132 valence electrons. The highest BCUT2D eigenvalue weighted by Gasteiger charge is 2.24. The molecule has 1 heterocycles. The molecule has 0 atom stereocenters. The number of methoxy groups -OCH3 is 1. The molecule has 0 fully saturated rings. The number of aryl methyl sites for hydroxylation is 1. The lowest BCUT2D eigenvalue weighted by molar-refractivity contribution is -0.115. The number of carbonyl (C=O) groups excluding carboxylic acids is 2. The number of amides is 2. The van der Waals surface area contributed by atoms with E-state index in [0.717, 1.165) is 43.2 Å². The van der Waals surface area contributed by atoms with Crippen molar-refractivity contribution in [2.75, 3.05) is 12.4 Å². The van der Waals surface area contributed by atoms with Crippen LogP contribution in [-0.4, -0.2) is 18.9 Å². The molecule has 0 aliphatic heterocycles. The Morgan fingerprint density at radius 2 is 1.96 bits per heavy atom. The van der Waals surface area contributed by atoms with E-state index in [-0.39, 0.29) is 12.3 Å². The van der Waals surface area contributed by atoms with E-state index in [4.69, 9.17) is 10.5 Å². The van der Waals surface area contributed by atoms with E-state index in [2.05, 4.69) is 5.32 Å². The highest BCUT2D eigenvalue weighted by molar-refractivity contribution is 7.17. The van der Waals surface area contributed by atoms with Crippen molar-refractivity contribution in [2.24, 2.45) is 5.73 Å². The van der Waals surface area contributed by atoms with Crippen LogP contribution in [0.15, 0.2) is 24.3 Å². The van der Waals surface area contributed by atoms with E-state index < -0.39 is 5.91 Å². The molecule has 2 amide bonds. The van der Waals surface area contributed by atoms with Crippen LogP contribution in [0.5, 0.6) is 5.75 Å². The fraction of sp³-hybridized carbons (Fsp3) is 0.368. The lowest BCUT2D eigenvalue weighted by Gasteiger charge is -2.09. The second-order valence-corrected chi connectivity index (χ2v) is 7.27. The molecule has 0 bridgehead atoms. The van der Waals surface area contributed by atoms with Gasteiger partial charge in [0.2, 0.25) is 5.91 Å². The van der Waals surface area contributed by atoms with Gasteiger partial charge >= 0.3 is 0 Å². The number of thiophene rings is 1. The molecule has 6 heteroatoms. The van der Waals surface area contributed by atoms with Gasteiger partial charge in [0.05, 0.1) is 19.1 Å². The number of hydrogen-bond donors (Lipinski definition) is 2. The normalized spacial score (nSPS) is 13.6. The number of nitrogens with two attached hydrogens (primary N) is 1. The SMILES string of the molecule is COc1ccccc1CC(=O)Nc1sc2c(c1C(N)=O)CCCCC2. The summed E-state index contributed by atoms with van der Waals surface area (Å²) in [5.74, 6) is 0.0325. The summed E-state index contributed by atoms with van der Waals surface area (Å²) in [6, 6.07) is 7.41. The zero-order valence-corrected chi connectivity index (χ0v) is 15.1. The average molecular weight is 358 g/mol. The molecular formula is C19H22N2O3S. The minimum Gasteiger partial charge on any atom is -0.496 e. The quantitative estimate of drug-likeness (QED) is 0.805. The Balaban J connectivity index is 1.82. The van der Waals surface area contributed by atoms with Crippen LogP contribution in [-0.2, 0) is 24.1 Å². The maximum Gasteiger partial charge on any atom is 0.251 e. The van der Waals surface area contributed by atoms with Crippen molar-refractivity contribution in [3.8, 4) is 5.75 Å². The number of anilines is 1. The number of para-hydroxylation sites is 1. The molecule has 1 aromatic heterocycles. The standard InChI is InChI=1S/C19H22N2O3S/c1-24-14-9-6-5-7-12(14)11-16(22)21-19-17(18(20)23)13-8-3-2-4-10-15(13)25-19/h5-7,9H,2-4,8,10-11H2,1H3,(H2,20,23)(H,21,22). The molecule has 0 spiro atoms. The highest BCUT2D eigenvalue weighted by atomic mass is 32.1. The Morgan fingerprint density at radius 3 is 2.72 bits per heavy atom. The van der Waals surface area contributed by atoms with Gasteiger partial charge in [0.15, 0.2) is 0 Å². The minimum atomic E-state index is -0.466. The Hall–Kier alpha value is -2.34. The summed E-state index contributed by atoms with van der Waals surface area (Å²) in [4.78, 5) is 25.6. The summed E-state index contributed by atoms with van der Waals surface area (Å²) in [6.45, 7) is 0. The molecule has 1 aliphatic carbocycles. The van der Waals surface area contributed by atoms with Crippen LogP contribution in [0.3, 0.4) is 0 Å². The first-order chi connectivity index (χ1) is 12.1. The largest absolute Gasteiger partial charge is 0.496 e. The number of fused-ring (bicyclic) bond motifs is 1. The van der Waals surface area contributed by atoms with Crippen LogP contribution in [0.25, 0.3) is 0 Å². The van der Waals surface area contributed by atoms with E-state index in [1.807, 2.05) is 24.3 Å². The summed E-state index contributed by atoms with van der Waals surface area (Å²) in [5.41, 5.74) is 7.94. The van der Waals surface area contributed by atoms with Crippen molar-refractivity contribution >= 4 is 28.2 Å². The zero-order chi connectivity index (χ0) is 17.8. The average Bonchev–Trinajstić information content (AvgIpc) is 2.76. The van der Waals surface area contributed by atoms with Crippen LogP contribution < -0.4 is 15.8 Å². The molecule has 0 radical (unpaired) electrons. The first-order valence-corrected chi connectivity index (χ1v) is 9.28. The fourth-order valence-corrected chi connectivity index (χ4v) is 4.60. The molecule has 0 saturated carbocycles. The molecule has 0 unspecified atom stereocenters. The van der Waals surface area contributed by atoms with Gasteiger partial charge in [-0.1, -0.05) is 24.6 Å². The number of hydrogen-bond acceptors (Lipinski definition) is 4. The van der Waals surface area contributed by atoms with E-state index in [0.29, 0.717) is 16.3 Å². The highest BCUT2D eigenvalue weighted by Crippen LogP contribution is 2.37. The van der Waals surface area contributed by atoms with Crippen molar-refractivity contribution < 1.29 is 14.3 Å². The van der Waals surface area contributed by atoms with Gasteiger partial charge in [-0.25, -0.2) is 0 Å². The van der Waals surface area contributed by atoms with E-state index >= 15 is 0 Å². The predicted molar refractivity (Wildman–Crippen MR) is 99.4 cm³/mol. The Kier molecular flexibility index (Phi) is 5.38. The number of ether oxygens (including phenoxy) is 1. The number of benzene rings is 1. The molecule has 3 N–H and O–H groups in total. The second-order valence-electron chi connectivity index (χ2n) is 6.17. The summed E-state index contributed by atoms with van der Waals surface area (Å²) < 4.78 is 5.29. The van der Waals surface area contributed by atoms with Gasteiger partial charge in [-0.05, 0) is 37.3 Å². The van der Waals surface area contributed by atoms with Crippen LogP contribution in [0, 0.1) is 0 Å². The first-order valence-electron chi connectivity index (χ1n) is 8.46. The van der Waals surface area contributed by atoms with Crippen LogP contribution >= 0.6 is 11.3 Å². The third kappa shape index (κ3) is 3.85. The van der Waals surface area contributed by atoms with Crippen LogP contribution in [0.1, 0.15) is 45.6 Å². The molecule has 2 aromatic rings. The van der Waals surface area contributed by atoms with E-state index in [9.17, 15) is 9.59 Å². The molecule has 25 heavy (non-hydrogen) atoms. The molecule has 1 aromatic carbocycles. The topological polar surface area (TPSA) is 81.4 Å².